The number of nitrogens with zero attached hydrogens (tertiary/aromatic N) is 2. The topological polar surface area (TPSA) is 98.8 Å². The summed E-state index contributed by atoms with van der Waals surface area (Å²) in [7, 11) is -4.38. The summed E-state index contributed by atoms with van der Waals surface area (Å²) in [4.78, 5) is 29.3. The van der Waals surface area contributed by atoms with E-state index in [4.69, 9.17) is 0 Å². The molecule has 2 spiro atoms. The lowest BCUT2D eigenvalue weighted by Crippen LogP contribution is -2.53. The molecule has 2 amide bonds. The minimum absolute atomic E-state index is 0.137. The van der Waals surface area contributed by atoms with E-state index in [2.05, 4.69) is 10.6 Å². The normalized spacial score (nSPS) is 24.5. The molecule has 1 aliphatic carbocycles. The smallest absolute Gasteiger partial charge is 0.346 e. The summed E-state index contributed by atoms with van der Waals surface area (Å²) >= 11 is 0. The molecule has 2 N–H and O–H groups in total. The molecule has 1 saturated carbocycles. The highest BCUT2D eigenvalue weighted by Gasteiger charge is 2.52. The van der Waals surface area contributed by atoms with Gasteiger partial charge in [0.1, 0.15) is 0 Å². The molecule has 2 aromatic carbocycles. The molecule has 8 nitrogen and oxygen atoms in total. The van der Waals surface area contributed by atoms with E-state index >= 15 is 0 Å². The number of rotatable bonds is 1. The number of fused-ring (bicyclic) bond motifs is 8. The number of hydrogen-bond acceptors (Lipinski definition) is 5. The molecule has 45 heavy (non-hydrogen) atoms. The molecule has 7 rings (SSSR count). The van der Waals surface area contributed by atoms with Gasteiger partial charge in [0.25, 0.3) is 15.9 Å². The maximum absolute atomic E-state index is 14.1. The van der Waals surface area contributed by atoms with Crippen molar-refractivity contribution in [1.82, 2.24) is 15.5 Å². The maximum atomic E-state index is 14.1. The summed E-state index contributed by atoms with van der Waals surface area (Å²) in [5, 5.41) is 6.53. The second kappa shape index (κ2) is 12.1. The first-order valence-corrected chi connectivity index (χ1v) is 17.2. The summed E-state index contributed by atoms with van der Waals surface area (Å²) < 4.78 is 69.9. The summed E-state index contributed by atoms with van der Waals surface area (Å²) in [5.41, 5.74) is -1.84. The number of carbonyl (C=O) groups is 2. The zero-order valence-corrected chi connectivity index (χ0v) is 25.9. The Balaban J connectivity index is 1.38. The number of piperidine rings is 2. The number of anilines is 1. The summed E-state index contributed by atoms with van der Waals surface area (Å²) in [6.45, 7) is 2.54. The van der Waals surface area contributed by atoms with Gasteiger partial charge in [-0.2, -0.15) is 13.2 Å². The summed E-state index contributed by atoms with van der Waals surface area (Å²) in [6.07, 6.45) is 4.55. The van der Waals surface area contributed by atoms with E-state index < -0.39 is 27.2 Å². The molecule has 242 valence electrons. The molecule has 4 heterocycles. The second-order valence-electron chi connectivity index (χ2n) is 12.8. The fourth-order valence-electron chi connectivity index (χ4n) is 7.27. The SMILES string of the molecule is O=C1NC2(CC2)C2CCN(CC2)C(=O)C2(CC/C=C\CN(c3cccc(C(F)(F)F)c3)S(=O)(=O)c3cccc1c3)CCNCC2. The van der Waals surface area contributed by atoms with Gasteiger partial charge in [0, 0.05) is 24.2 Å². The van der Waals surface area contributed by atoms with Crippen molar-refractivity contribution < 1.29 is 31.2 Å². The number of amides is 2. The average molecular weight is 645 g/mol. The first-order chi connectivity index (χ1) is 21.4. The fourth-order valence-corrected chi connectivity index (χ4v) is 8.72. The number of sulfonamides is 1. The van der Waals surface area contributed by atoms with Crippen molar-refractivity contribution in [3.8, 4) is 0 Å². The van der Waals surface area contributed by atoms with Crippen LogP contribution in [0, 0.1) is 11.3 Å². The molecule has 5 aliphatic rings. The molecule has 0 unspecified atom stereocenters. The third-order valence-electron chi connectivity index (χ3n) is 10.1. The van der Waals surface area contributed by atoms with Gasteiger partial charge >= 0.3 is 6.18 Å². The minimum atomic E-state index is -4.66. The monoisotopic (exact) mass is 644 g/mol. The predicted octanol–water partition coefficient (Wildman–Crippen LogP) is 5.12. The fraction of sp³-hybridized carbons (Fsp3) is 0.515. The van der Waals surface area contributed by atoms with Crippen molar-refractivity contribution in [1.29, 1.82) is 0 Å². The van der Waals surface area contributed by atoms with Gasteiger partial charge in [-0.1, -0.05) is 24.3 Å². The number of carbonyl (C=O) groups excluding carboxylic acids is 2. The van der Waals surface area contributed by atoms with Crippen molar-refractivity contribution in [2.24, 2.45) is 11.3 Å². The highest BCUT2D eigenvalue weighted by molar-refractivity contribution is 7.92. The first-order valence-electron chi connectivity index (χ1n) is 15.7. The van der Waals surface area contributed by atoms with Crippen LogP contribution in [-0.2, 0) is 21.0 Å². The van der Waals surface area contributed by atoms with Gasteiger partial charge in [-0.3, -0.25) is 13.9 Å². The van der Waals surface area contributed by atoms with Crippen LogP contribution in [0.5, 0.6) is 0 Å². The molecular weight excluding hydrogens is 605 g/mol. The van der Waals surface area contributed by atoms with E-state index in [1.165, 1.54) is 30.3 Å². The van der Waals surface area contributed by atoms with E-state index in [-0.39, 0.29) is 46.0 Å². The standard InChI is InChI=1S/C33H39F3N4O4S/c34-33(35,36)26-7-5-8-27(23-26)40-19-3-1-2-12-31(15-17-37-18-16-31)30(42)39-20-10-25(11-21-39)32(13-14-32)38-29(41)24-6-4-9-28(22-24)45(40,43)44/h1,3-9,22-23,25,37H,2,10-21H2,(H,38,41)/b3-1-. The van der Waals surface area contributed by atoms with Gasteiger partial charge in [0.2, 0.25) is 5.91 Å². The molecule has 2 saturated heterocycles. The van der Waals surface area contributed by atoms with Gasteiger partial charge in [0.15, 0.2) is 0 Å². The molecule has 2 aromatic rings. The van der Waals surface area contributed by atoms with Crippen molar-refractivity contribution in [3.05, 3.63) is 71.8 Å². The van der Waals surface area contributed by atoms with Crippen LogP contribution < -0.4 is 14.9 Å². The molecule has 4 bridgehead atoms. The van der Waals surface area contributed by atoms with Crippen LogP contribution in [0.15, 0.2) is 65.6 Å². The van der Waals surface area contributed by atoms with Crippen LogP contribution in [-0.4, -0.2) is 63.4 Å². The van der Waals surface area contributed by atoms with E-state index in [1.54, 1.807) is 12.1 Å². The summed E-state index contributed by atoms with van der Waals surface area (Å²) in [6, 6.07) is 9.90. The molecule has 0 radical (unpaired) electrons. The van der Waals surface area contributed by atoms with Crippen molar-refractivity contribution >= 4 is 27.5 Å². The third kappa shape index (κ3) is 6.36. The van der Waals surface area contributed by atoms with E-state index in [0.717, 1.165) is 55.2 Å². The first kappa shape index (κ1) is 31.6. The van der Waals surface area contributed by atoms with Crippen LogP contribution in [0.25, 0.3) is 0 Å². The van der Waals surface area contributed by atoms with E-state index in [1.807, 2.05) is 11.0 Å². The van der Waals surface area contributed by atoms with Crippen LogP contribution in [0.4, 0.5) is 18.9 Å². The third-order valence-corrected chi connectivity index (χ3v) is 11.9. The number of halogens is 3. The van der Waals surface area contributed by atoms with Crippen molar-refractivity contribution in [2.45, 2.75) is 68.0 Å². The largest absolute Gasteiger partial charge is 0.416 e. The maximum Gasteiger partial charge on any atom is 0.416 e. The lowest BCUT2D eigenvalue weighted by atomic mass is 9.73. The Labute approximate surface area is 262 Å². The number of nitrogens with one attached hydrogen (secondary N) is 2. The molecule has 0 aromatic heterocycles. The lowest BCUT2D eigenvalue weighted by molar-refractivity contribution is -0.146. The van der Waals surface area contributed by atoms with Gasteiger partial charge in [-0.15, -0.1) is 0 Å². The van der Waals surface area contributed by atoms with Gasteiger partial charge in [-0.25, -0.2) is 8.42 Å². The molecule has 4 aliphatic heterocycles. The predicted molar refractivity (Wildman–Crippen MR) is 164 cm³/mol. The van der Waals surface area contributed by atoms with E-state index in [9.17, 15) is 31.2 Å². The molecule has 3 fully saturated rings. The Morgan fingerprint density at radius 1 is 0.867 bits per heavy atom. The van der Waals surface area contributed by atoms with Crippen LogP contribution in [0.3, 0.4) is 0 Å². The highest BCUT2D eigenvalue weighted by atomic mass is 32.2. The minimum Gasteiger partial charge on any atom is -0.346 e. The Bertz CT molecular complexity index is 1570. The van der Waals surface area contributed by atoms with Crippen molar-refractivity contribution in [3.63, 3.8) is 0 Å². The lowest BCUT2D eigenvalue weighted by Gasteiger charge is -2.43. The Morgan fingerprint density at radius 2 is 1.58 bits per heavy atom. The Kier molecular flexibility index (Phi) is 8.49. The van der Waals surface area contributed by atoms with Crippen LogP contribution >= 0.6 is 0 Å². The highest BCUT2D eigenvalue weighted by Crippen LogP contribution is 2.48. The van der Waals surface area contributed by atoms with Crippen molar-refractivity contribution in [2.75, 3.05) is 37.0 Å². The zero-order valence-electron chi connectivity index (χ0n) is 25.1. The second-order valence-corrected chi connectivity index (χ2v) is 14.7. The number of allylic oxidation sites excluding steroid dienone is 1. The zero-order chi connectivity index (χ0) is 31.9. The number of benzene rings is 2. The molecular formula is C33H39F3N4O4S. The Morgan fingerprint density at radius 3 is 2.27 bits per heavy atom. The van der Waals surface area contributed by atoms with Gasteiger partial charge in [0.05, 0.1) is 28.1 Å². The van der Waals surface area contributed by atoms with E-state index in [0.29, 0.717) is 38.8 Å². The summed E-state index contributed by atoms with van der Waals surface area (Å²) in [5.74, 6) is -0.0187. The van der Waals surface area contributed by atoms with Crippen LogP contribution in [0.1, 0.15) is 67.3 Å². The van der Waals surface area contributed by atoms with Gasteiger partial charge < -0.3 is 15.5 Å². The molecule has 12 heteroatoms. The van der Waals surface area contributed by atoms with Gasteiger partial charge in [-0.05, 0) is 107 Å². The number of hydrogen-bond donors (Lipinski definition) is 2. The quantitative estimate of drug-likeness (QED) is 0.420. The number of alkyl halides is 3. The molecule has 0 atom stereocenters. The average Bonchev–Trinajstić information content (AvgIpc) is 3.82. The Hall–Kier alpha value is -3.38. The van der Waals surface area contributed by atoms with Crippen LogP contribution in [0.2, 0.25) is 0 Å².